The molecule has 118 valence electrons. The van der Waals surface area contributed by atoms with Crippen LogP contribution in [0.25, 0.3) is 0 Å². The molecule has 0 aliphatic carbocycles. The monoisotopic (exact) mass is 305 g/mol. The van der Waals surface area contributed by atoms with Crippen molar-refractivity contribution in [3.63, 3.8) is 0 Å². The summed E-state index contributed by atoms with van der Waals surface area (Å²) >= 11 is 0. The van der Waals surface area contributed by atoms with Gasteiger partial charge in [0.1, 0.15) is 18.2 Å². The van der Waals surface area contributed by atoms with Gasteiger partial charge in [0.05, 0.1) is 12.7 Å². The third-order valence-electron chi connectivity index (χ3n) is 3.64. The average molecular weight is 305 g/mol. The summed E-state index contributed by atoms with van der Waals surface area (Å²) in [6, 6.07) is 1.76. The molecule has 3 heterocycles. The van der Waals surface area contributed by atoms with Gasteiger partial charge >= 0.3 is 0 Å². The molecule has 0 saturated carbocycles. The van der Waals surface area contributed by atoms with E-state index in [0.29, 0.717) is 30.7 Å². The molecule has 1 aliphatic rings. The van der Waals surface area contributed by atoms with E-state index >= 15 is 0 Å². The molecule has 1 fully saturated rings. The summed E-state index contributed by atoms with van der Waals surface area (Å²) in [5.74, 6) is 2.51. The minimum Gasteiger partial charge on any atom is -0.478 e. The molecule has 2 aromatic rings. The molecule has 8 nitrogen and oxygen atoms in total. The number of methoxy groups -OCH3 is 1. The van der Waals surface area contributed by atoms with E-state index in [4.69, 9.17) is 14.0 Å². The predicted molar refractivity (Wildman–Crippen MR) is 77.7 cm³/mol. The summed E-state index contributed by atoms with van der Waals surface area (Å²) in [5, 5.41) is 3.88. The summed E-state index contributed by atoms with van der Waals surface area (Å²) < 4.78 is 16.3. The van der Waals surface area contributed by atoms with E-state index in [1.807, 2.05) is 13.0 Å². The zero-order valence-corrected chi connectivity index (χ0v) is 12.9. The summed E-state index contributed by atoms with van der Waals surface area (Å²) in [6.07, 6.45) is 2.35. The third-order valence-corrected chi connectivity index (χ3v) is 3.64. The first-order chi connectivity index (χ1) is 10.7. The van der Waals surface area contributed by atoms with Crippen molar-refractivity contribution in [3.8, 4) is 5.88 Å². The molecule has 1 saturated heterocycles. The van der Waals surface area contributed by atoms with Crippen molar-refractivity contribution in [2.45, 2.75) is 32.4 Å². The number of aromatic nitrogens is 4. The number of nitrogens with zero attached hydrogens (tertiary/aromatic N) is 5. The van der Waals surface area contributed by atoms with E-state index in [-0.39, 0.29) is 12.1 Å². The van der Waals surface area contributed by atoms with Crippen molar-refractivity contribution in [1.29, 1.82) is 0 Å². The first-order valence-corrected chi connectivity index (χ1v) is 7.25. The van der Waals surface area contributed by atoms with E-state index < -0.39 is 0 Å². The van der Waals surface area contributed by atoms with Gasteiger partial charge < -0.3 is 18.9 Å². The molecule has 0 radical (unpaired) electrons. The number of aryl methyl sites for hydroxylation is 1. The highest BCUT2D eigenvalue weighted by molar-refractivity contribution is 5.44. The van der Waals surface area contributed by atoms with E-state index in [1.165, 1.54) is 6.33 Å². The lowest BCUT2D eigenvalue weighted by molar-refractivity contribution is 0.117. The van der Waals surface area contributed by atoms with Gasteiger partial charge in [-0.15, -0.1) is 0 Å². The highest BCUT2D eigenvalue weighted by Gasteiger charge is 2.37. The second-order valence-corrected chi connectivity index (χ2v) is 5.09. The highest BCUT2D eigenvalue weighted by atomic mass is 16.5. The highest BCUT2D eigenvalue weighted by Crippen LogP contribution is 2.36. The molecule has 0 amide bonds. The van der Waals surface area contributed by atoms with Gasteiger partial charge in [-0.1, -0.05) is 5.16 Å². The van der Waals surface area contributed by atoms with Crippen molar-refractivity contribution in [3.05, 3.63) is 24.1 Å². The number of ether oxygens (including phenoxy) is 2. The summed E-state index contributed by atoms with van der Waals surface area (Å²) in [7, 11) is 1.70. The summed E-state index contributed by atoms with van der Waals surface area (Å²) in [5.41, 5.74) is 0. The fourth-order valence-electron chi connectivity index (χ4n) is 2.62. The lowest BCUT2D eigenvalue weighted by Crippen LogP contribution is -2.26. The molecule has 22 heavy (non-hydrogen) atoms. The molecule has 3 rings (SSSR count). The fourth-order valence-corrected chi connectivity index (χ4v) is 2.62. The Bertz CT molecular complexity index is 632. The maximum Gasteiger partial charge on any atom is 0.249 e. The molecule has 0 spiro atoms. The van der Waals surface area contributed by atoms with Crippen LogP contribution in [-0.2, 0) is 4.74 Å². The molecule has 2 atom stereocenters. The van der Waals surface area contributed by atoms with Gasteiger partial charge in [-0.25, -0.2) is 9.97 Å². The van der Waals surface area contributed by atoms with Crippen molar-refractivity contribution in [2.75, 3.05) is 25.2 Å². The first kappa shape index (κ1) is 14.7. The molecule has 1 aliphatic heterocycles. The zero-order valence-electron chi connectivity index (χ0n) is 12.9. The zero-order chi connectivity index (χ0) is 15.5. The van der Waals surface area contributed by atoms with Crippen LogP contribution in [0.1, 0.15) is 31.1 Å². The Labute approximate surface area is 128 Å². The van der Waals surface area contributed by atoms with Crippen molar-refractivity contribution >= 4 is 5.82 Å². The van der Waals surface area contributed by atoms with Crippen LogP contribution in [0.4, 0.5) is 5.82 Å². The Balaban J connectivity index is 1.90. The van der Waals surface area contributed by atoms with Gasteiger partial charge in [0.2, 0.25) is 11.8 Å². The number of hydrogen-bond donors (Lipinski definition) is 0. The Kier molecular flexibility index (Phi) is 4.19. The van der Waals surface area contributed by atoms with E-state index in [9.17, 15) is 0 Å². The Morgan fingerprint density at radius 1 is 1.41 bits per heavy atom. The number of hydrogen-bond acceptors (Lipinski definition) is 8. The van der Waals surface area contributed by atoms with Gasteiger partial charge in [0.25, 0.3) is 0 Å². The van der Waals surface area contributed by atoms with Gasteiger partial charge in [-0.05, 0) is 13.8 Å². The van der Waals surface area contributed by atoms with Crippen LogP contribution in [0.15, 0.2) is 16.9 Å². The second-order valence-electron chi connectivity index (χ2n) is 5.09. The molecule has 0 bridgehead atoms. The van der Waals surface area contributed by atoms with E-state index in [1.54, 1.807) is 14.0 Å². The van der Waals surface area contributed by atoms with Crippen LogP contribution < -0.4 is 9.64 Å². The minimum atomic E-state index is -0.0597. The standard InChI is InChI=1S/C14H19N5O3/c1-4-21-13-6-12(15-8-16-13)19-7-10(20-3)5-11(19)14-17-9(2)18-22-14/h6,8,10-11H,4-5,7H2,1-3H3/t10-,11-/m1/s1. The third kappa shape index (κ3) is 2.87. The second kappa shape index (κ2) is 6.27. The van der Waals surface area contributed by atoms with Gasteiger partial charge in [-0.3, -0.25) is 0 Å². The lowest BCUT2D eigenvalue weighted by atomic mass is 10.2. The normalized spacial score (nSPS) is 21.3. The van der Waals surface area contributed by atoms with E-state index in [0.717, 1.165) is 12.2 Å². The van der Waals surface area contributed by atoms with Crippen LogP contribution in [0.3, 0.4) is 0 Å². The van der Waals surface area contributed by atoms with Crippen molar-refractivity contribution < 1.29 is 14.0 Å². The van der Waals surface area contributed by atoms with Crippen molar-refractivity contribution in [2.24, 2.45) is 0 Å². The summed E-state index contributed by atoms with van der Waals surface area (Å²) in [6.45, 7) is 4.98. The van der Waals surface area contributed by atoms with Crippen LogP contribution in [0.2, 0.25) is 0 Å². The van der Waals surface area contributed by atoms with Crippen LogP contribution in [0.5, 0.6) is 5.88 Å². The molecule has 0 aromatic carbocycles. The molecular formula is C14H19N5O3. The van der Waals surface area contributed by atoms with Crippen LogP contribution in [0, 0.1) is 6.92 Å². The molecule has 8 heteroatoms. The lowest BCUT2D eigenvalue weighted by Gasteiger charge is -2.22. The topological polar surface area (TPSA) is 86.4 Å². The average Bonchev–Trinajstić information content (AvgIpc) is 3.13. The van der Waals surface area contributed by atoms with E-state index in [2.05, 4.69) is 25.0 Å². The molecule has 0 unspecified atom stereocenters. The summed E-state index contributed by atoms with van der Waals surface area (Å²) in [4.78, 5) is 14.9. The smallest absolute Gasteiger partial charge is 0.249 e. The van der Waals surface area contributed by atoms with Gasteiger partial charge in [-0.2, -0.15) is 4.98 Å². The van der Waals surface area contributed by atoms with Gasteiger partial charge in [0.15, 0.2) is 5.82 Å². The predicted octanol–water partition coefficient (Wildman–Crippen LogP) is 1.53. The largest absolute Gasteiger partial charge is 0.478 e. The fraction of sp³-hybridized carbons (Fsp3) is 0.571. The molecular weight excluding hydrogens is 286 g/mol. The SMILES string of the molecule is CCOc1cc(N2C[C@H](OC)C[C@@H]2c2nc(C)no2)ncn1. The quantitative estimate of drug-likeness (QED) is 0.822. The maximum atomic E-state index is 5.49. The first-order valence-electron chi connectivity index (χ1n) is 7.25. The Morgan fingerprint density at radius 3 is 2.95 bits per heavy atom. The molecule has 2 aromatic heterocycles. The number of rotatable bonds is 5. The number of anilines is 1. The molecule has 0 N–H and O–H groups in total. The Hall–Kier alpha value is -2.22. The Morgan fingerprint density at radius 2 is 2.27 bits per heavy atom. The van der Waals surface area contributed by atoms with Crippen molar-refractivity contribution in [1.82, 2.24) is 20.1 Å². The van der Waals surface area contributed by atoms with Gasteiger partial charge in [0, 0.05) is 26.1 Å². The van der Waals surface area contributed by atoms with Crippen LogP contribution >= 0.6 is 0 Å². The minimum absolute atomic E-state index is 0.0597. The maximum absolute atomic E-state index is 5.49. The van der Waals surface area contributed by atoms with Crippen LogP contribution in [-0.4, -0.2) is 46.5 Å².